The number of rotatable bonds is 6. The van der Waals surface area contributed by atoms with Crippen molar-refractivity contribution in [3.8, 4) is 0 Å². The van der Waals surface area contributed by atoms with Crippen molar-refractivity contribution in [2.45, 2.75) is 37.5 Å². The number of carbonyl (C=O) groups excluding carboxylic acids is 1. The first-order valence-electron chi connectivity index (χ1n) is 7.69. The van der Waals surface area contributed by atoms with Crippen LogP contribution in [0.1, 0.15) is 25.2 Å². The van der Waals surface area contributed by atoms with Crippen LogP contribution in [0.25, 0.3) is 0 Å². The Morgan fingerprint density at radius 3 is 2.79 bits per heavy atom. The van der Waals surface area contributed by atoms with Crippen molar-refractivity contribution in [2.24, 2.45) is 0 Å². The lowest BCUT2D eigenvalue weighted by molar-refractivity contribution is -0.119. The van der Waals surface area contributed by atoms with Gasteiger partial charge in [-0.15, -0.1) is 10.2 Å². The van der Waals surface area contributed by atoms with Gasteiger partial charge in [0.15, 0.2) is 0 Å². The molecule has 2 rings (SSSR count). The lowest BCUT2D eigenvalue weighted by Gasteiger charge is -2.27. The number of hydrogen-bond donors (Lipinski definition) is 1. The van der Waals surface area contributed by atoms with Gasteiger partial charge in [0.1, 0.15) is 0 Å². The minimum atomic E-state index is -3.47. The third kappa shape index (κ3) is 5.16. The molecular weight excluding hydrogens is 354 g/mol. The van der Waals surface area contributed by atoms with Crippen molar-refractivity contribution in [3.05, 3.63) is 5.89 Å². The van der Waals surface area contributed by atoms with Crippen molar-refractivity contribution >= 4 is 27.9 Å². The van der Waals surface area contributed by atoms with Crippen LogP contribution < -0.4 is 5.32 Å². The third-order valence-corrected chi connectivity index (χ3v) is 6.35. The number of carbonyl (C=O) groups is 1. The Labute approximate surface area is 146 Å². The third-order valence-electron chi connectivity index (χ3n) is 3.62. The van der Waals surface area contributed by atoms with Crippen molar-refractivity contribution in [3.63, 3.8) is 0 Å². The number of aromatic nitrogens is 2. The van der Waals surface area contributed by atoms with E-state index in [1.807, 2.05) is 0 Å². The maximum absolute atomic E-state index is 12.3. The van der Waals surface area contributed by atoms with Crippen LogP contribution in [0.2, 0.25) is 0 Å². The number of hydrogen-bond acceptors (Lipinski definition) is 7. The number of nitrogens with zero attached hydrogens (tertiary/aromatic N) is 4. The zero-order valence-corrected chi connectivity index (χ0v) is 15.7. The van der Waals surface area contributed by atoms with E-state index in [4.69, 9.17) is 4.42 Å². The Bertz CT molecular complexity index is 661. The molecule has 1 amide bonds. The highest BCUT2D eigenvalue weighted by Gasteiger charge is 2.29. The Balaban J connectivity index is 1.89. The molecule has 1 aliphatic heterocycles. The summed E-state index contributed by atoms with van der Waals surface area (Å²) in [5.74, 6) is 0.426. The summed E-state index contributed by atoms with van der Waals surface area (Å²) in [6.45, 7) is 2.45. The summed E-state index contributed by atoms with van der Waals surface area (Å²) in [4.78, 5) is 12.1. The SMILES string of the molecule is Cc1nnc(SCC(=O)NC2CCCCN(S(=O)(=O)N(C)C)C2)o1. The zero-order valence-electron chi connectivity index (χ0n) is 14.1. The summed E-state index contributed by atoms with van der Waals surface area (Å²) in [7, 11) is -0.446. The molecule has 1 atom stereocenters. The molecule has 1 unspecified atom stereocenters. The lowest BCUT2D eigenvalue weighted by atomic mass is 10.1. The Morgan fingerprint density at radius 2 is 2.17 bits per heavy atom. The van der Waals surface area contributed by atoms with E-state index in [0.29, 0.717) is 17.7 Å². The molecule has 0 spiro atoms. The standard InChI is InChI=1S/C13H23N5O4S2/c1-10-15-16-13(22-10)23-9-12(19)14-11-6-4-5-7-18(8-11)24(20,21)17(2)3/h11H,4-9H2,1-3H3,(H,14,19). The van der Waals surface area contributed by atoms with Gasteiger partial charge in [0.2, 0.25) is 11.8 Å². The van der Waals surface area contributed by atoms with Gasteiger partial charge in [-0.1, -0.05) is 18.2 Å². The molecule has 0 aliphatic carbocycles. The second-order valence-corrected chi connectivity index (χ2v) is 8.85. The molecule has 1 saturated heterocycles. The highest BCUT2D eigenvalue weighted by atomic mass is 32.2. The molecule has 0 bridgehead atoms. The van der Waals surface area contributed by atoms with Gasteiger partial charge in [-0.3, -0.25) is 4.79 Å². The number of thioether (sulfide) groups is 1. The predicted molar refractivity (Wildman–Crippen MR) is 89.7 cm³/mol. The van der Waals surface area contributed by atoms with Crippen LogP contribution >= 0.6 is 11.8 Å². The van der Waals surface area contributed by atoms with Crippen LogP contribution in [-0.4, -0.2) is 72.1 Å². The largest absolute Gasteiger partial charge is 0.416 e. The maximum Gasteiger partial charge on any atom is 0.281 e. The van der Waals surface area contributed by atoms with E-state index >= 15 is 0 Å². The van der Waals surface area contributed by atoms with Crippen molar-refractivity contribution in [1.29, 1.82) is 0 Å². The van der Waals surface area contributed by atoms with E-state index in [9.17, 15) is 13.2 Å². The first kappa shape index (κ1) is 19.2. The zero-order chi connectivity index (χ0) is 17.7. The fraction of sp³-hybridized carbons (Fsp3) is 0.769. The van der Waals surface area contributed by atoms with E-state index in [-0.39, 0.29) is 24.2 Å². The van der Waals surface area contributed by atoms with Gasteiger partial charge >= 0.3 is 0 Å². The molecule has 9 nitrogen and oxygen atoms in total. The van der Waals surface area contributed by atoms with E-state index in [0.717, 1.165) is 31.0 Å². The second kappa shape index (κ2) is 8.28. The van der Waals surface area contributed by atoms with Crippen LogP contribution in [0.15, 0.2) is 9.64 Å². The number of amides is 1. The molecule has 1 fully saturated rings. The van der Waals surface area contributed by atoms with Gasteiger partial charge in [-0.2, -0.15) is 17.0 Å². The Kier molecular flexibility index (Phi) is 6.61. The molecule has 11 heteroatoms. The minimum Gasteiger partial charge on any atom is -0.416 e. The molecule has 1 N–H and O–H groups in total. The van der Waals surface area contributed by atoms with Gasteiger partial charge in [-0.05, 0) is 12.8 Å². The summed E-state index contributed by atoms with van der Waals surface area (Å²) in [6.07, 6.45) is 2.42. The molecular formula is C13H23N5O4S2. The van der Waals surface area contributed by atoms with Gasteiger partial charge in [0, 0.05) is 40.2 Å². The van der Waals surface area contributed by atoms with Crippen molar-refractivity contribution < 1.29 is 17.6 Å². The minimum absolute atomic E-state index is 0.151. The van der Waals surface area contributed by atoms with Crippen LogP contribution in [0.3, 0.4) is 0 Å². The summed E-state index contributed by atoms with van der Waals surface area (Å²) in [5, 5.41) is 10.8. The predicted octanol–water partition coefficient (Wildman–Crippen LogP) is 0.247. The molecule has 0 saturated carbocycles. The average molecular weight is 377 g/mol. The molecule has 1 aromatic heterocycles. The fourth-order valence-corrected chi connectivity index (χ4v) is 4.20. The number of aryl methyl sites for hydroxylation is 1. The summed E-state index contributed by atoms with van der Waals surface area (Å²) in [5.41, 5.74) is 0. The van der Waals surface area contributed by atoms with Gasteiger partial charge in [-0.25, -0.2) is 0 Å². The smallest absolute Gasteiger partial charge is 0.281 e. The van der Waals surface area contributed by atoms with Gasteiger partial charge in [0.25, 0.3) is 15.4 Å². The molecule has 2 heterocycles. The fourth-order valence-electron chi connectivity index (χ4n) is 2.40. The lowest BCUT2D eigenvalue weighted by Crippen LogP contribution is -2.48. The second-order valence-electron chi connectivity index (χ2n) is 5.78. The molecule has 0 aromatic carbocycles. The molecule has 24 heavy (non-hydrogen) atoms. The van der Waals surface area contributed by atoms with E-state index in [1.165, 1.54) is 22.7 Å². The van der Waals surface area contributed by atoms with E-state index in [1.54, 1.807) is 6.92 Å². The van der Waals surface area contributed by atoms with Crippen LogP contribution in [-0.2, 0) is 15.0 Å². The van der Waals surface area contributed by atoms with Crippen molar-refractivity contribution in [2.75, 3.05) is 32.9 Å². The van der Waals surface area contributed by atoms with Crippen LogP contribution in [0, 0.1) is 6.92 Å². The van der Waals surface area contributed by atoms with E-state index < -0.39 is 10.2 Å². The van der Waals surface area contributed by atoms with E-state index in [2.05, 4.69) is 15.5 Å². The van der Waals surface area contributed by atoms with Crippen molar-refractivity contribution in [1.82, 2.24) is 24.1 Å². The summed E-state index contributed by atoms with van der Waals surface area (Å²) < 4.78 is 32.4. The Hall–Kier alpha value is -1.17. The number of nitrogens with one attached hydrogen (secondary N) is 1. The van der Waals surface area contributed by atoms with Crippen LogP contribution in [0.5, 0.6) is 0 Å². The normalized spacial score (nSPS) is 20.1. The maximum atomic E-state index is 12.3. The van der Waals surface area contributed by atoms with Gasteiger partial charge in [0.05, 0.1) is 5.75 Å². The first-order chi connectivity index (χ1) is 11.3. The quantitative estimate of drug-likeness (QED) is 0.708. The monoisotopic (exact) mass is 377 g/mol. The highest BCUT2D eigenvalue weighted by Crippen LogP contribution is 2.17. The molecule has 1 aliphatic rings. The average Bonchev–Trinajstić information content (AvgIpc) is 2.78. The van der Waals surface area contributed by atoms with Gasteiger partial charge < -0.3 is 9.73 Å². The molecule has 1 aromatic rings. The molecule has 136 valence electrons. The van der Waals surface area contributed by atoms with Crippen LogP contribution in [0.4, 0.5) is 0 Å². The first-order valence-corrected chi connectivity index (χ1v) is 10.1. The Morgan fingerprint density at radius 1 is 1.42 bits per heavy atom. The summed E-state index contributed by atoms with van der Waals surface area (Å²) in [6, 6.07) is -0.195. The topological polar surface area (TPSA) is 109 Å². The summed E-state index contributed by atoms with van der Waals surface area (Å²) >= 11 is 1.16. The highest BCUT2D eigenvalue weighted by molar-refractivity contribution is 7.99. The molecule has 0 radical (unpaired) electrons.